The van der Waals surface area contributed by atoms with Gasteiger partial charge in [0.1, 0.15) is 5.52 Å². The Morgan fingerprint density at radius 3 is 2.65 bits per heavy atom. The summed E-state index contributed by atoms with van der Waals surface area (Å²) in [7, 11) is 2.15. The number of aromatic nitrogens is 1. The first-order chi connectivity index (χ1) is 9.81. The largest absolute Gasteiger partial charge is 0.423 e. The van der Waals surface area contributed by atoms with Gasteiger partial charge in [-0.1, -0.05) is 30.3 Å². The fourth-order valence-electron chi connectivity index (χ4n) is 2.78. The molecule has 1 aliphatic rings. The summed E-state index contributed by atoms with van der Waals surface area (Å²) in [5.41, 5.74) is 1.84. The van der Waals surface area contributed by atoms with Crippen LogP contribution in [0.25, 0.3) is 21.9 Å². The fourth-order valence-corrected chi connectivity index (χ4v) is 2.78. The maximum Gasteiger partial charge on any atom is 0.298 e. The summed E-state index contributed by atoms with van der Waals surface area (Å²) in [4.78, 5) is 9.29. The summed E-state index contributed by atoms with van der Waals surface area (Å²) >= 11 is 0. The van der Waals surface area contributed by atoms with Crippen molar-refractivity contribution in [2.24, 2.45) is 0 Å². The molecule has 2 aromatic carbocycles. The van der Waals surface area contributed by atoms with Gasteiger partial charge in [-0.2, -0.15) is 4.98 Å². The van der Waals surface area contributed by atoms with Crippen LogP contribution in [0, 0.1) is 0 Å². The molecule has 4 rings (SSSR count). The average Bonchev–Trinajstić information content (AvgIpc) is 2.92. The van der Waals surface area contributed by atoms with E-state index in [0.717, 1.165) is 48.7 Å². The second kappa shape index (κ2) is 4.49. The van der Waals surface area contributed by atoms with Gasteiger partial charge in [-0.3, -0.25) is 0 Å². The molecule has 4 heteroatoms. The van der Waals surface area contributed by atoms with Crippen LogP contribution in [0.4, 0.5) is 6.01 Å². The van der Waals surface area contributed by atoms with Crippen molar-refractivity contribution in [2.75, 3.05) is 38.1 Å². The van der Waals surface area contributed by atoms with Crippen molar-refractivity contribution < 1.29 is 4.42 Å². The zero-order valence-electron chi connectivity index (χ0n) is 11.5. The van der Waals surface area contributed by atoms with Gasteiger partial charge < -0.3 is 14.2 Å². The third-order valence-electron chi connectivity index (χ3n) is 4.05. The predicted molar refractivity (Wildman–Crippen MR) is 81.2 cm³/mol. The van der Waals surface area contributed by atoms with E-state index in [-0.39, 0.29) is 0 Å². The van der Waals surface area contributed by atoms with Crippen molar-refractivity contribution in [2.45, 2.75) is 0 Å². The maximum atomic E-state index is 5.95. The quantitative estimate of drug-likeness (QED) is 0.678. The first-order valence-corrected chi connectivity index (χ1v) is 7.03. The summed E-state index contributed by atoms with van der Waals surface area (Å²) in [5.74, 6) is 0. The molecule has 0 N–H and O–H groups in total. The van der Waals surface area contributed by atoms with Gasteiger partial charge in [-0.05, 0) is 18.5 Å². The molecule has 0 unspecified atom stereocenters. The van der Waals surface area contributed by atoms with E-state index in [4.69, 9.17) is 9.40 Å². The monoisotopic (exact) mass is 267 g/mol. The number of rotatable bonds is 1. The van der Waals surface area contributed by atoms with Gasteiger partial charge in [0, 0.05) is 31.6 Å². The molecule has 4 nitrogen and oxygen atoms in total. The van der Waals surface area contributed by atoms with Crippen LogP contribution in [-0.2, 0) is 0 Å². The molecule has 20 heavy (non-hydrogen) atoms. The Balaban J connectivity index is 1.80. The standard InChI is InChI=1S/C16H17N3O/c1-18-8-10-19(11-9-18)16-17-15-13-5-3-2-4-12(13)6-7-14(15)20-16/h2-7H,8-11H2,1H3. The summed E-state index contributed by atoms with van der Waals surface area (Å²) in [5, 5.41) is 2.37. The van der Waals surface area contributed by atoms with E-state index in [0.29, 0.717) is 0 Å². The highest BCUT2D eigenvalue weighted by atomic mass is 16.4. The third-order valence-corrected chi connectivity index (χ3v) is 4.05. The summed E-state index contributed by atoms with van der Waals surface area (Å²) in [6, 6.07) is 13.2. The van der Waals surface area contributed by atoms with Gasteiger partial charge in [0.2, 0.25) is 0 Å². The Labute approximate surface area is 117 Å². The molecule has 1 saturated heterocycles. The molecule has 2 heterocycles. The minimum atomic E-state index is 0.754. The van der Waals surface area contributed by atoms with E-state index in [1.165, 1.54) is 5.39 Å². The predicted octanol–water partition coefficient (Wildman–Crippen LogP) is 2.73. The summed E-state index contributed by atoms with van der Waals surface area (Å²) < 4.78 is 5.95. The van der Waals surface area contributed by atoms with Crippen molar-refractivity contribution in [3.8, 4) is 0 Å². The average molecular weight is 267 g/mol. The lowest BCUT2D eigenvalue weighted by molar-refractivity contribution is 0.305. The first-order valence-electron chi connectivity index (χ1n) is 7.03. The zero-order chi connectivity index (χ0) is 13.5. The van der Waals surface area contributed by atoms with Crippen LogP contribution in [0.15, 0.2) is 40.8 Å². The normalized spacial score (nSPS) is 17.1. The van der Waals surface area contributed by atoms with E-state index >= 15 is 0 Å². The summed E-state index contributed by atoms with van der Waals surface area (Å²) in [6.07, 6.45) is 0. The Hall–Kier alpha value is -2.07. The van der Waals surface area contributed by atoms with Crippen LogP contribution in [0.3, 0.4) is 0 Å². The van der Waals surface area contributed by atoms with Crippen LogP contribution >= 0.6 is 0 Å². The Morgan fingerprint density at radius 2 is 1.80 bits per heavy atom. The number of oxazole rings is 1. The molecule has 0 amide bonds. The third kappa shape index (κ3) is 1.84. The smallest absolute Gasteiger partial charge is 0.298 e. The van der Waals surface area contributed by atoms with Crippen molar-refractivity contribution in [3.05, 3.63) is 36.4 Å². The zero-order valence-corrected chi connectivity index (χ0v) is 11.5. The number of likely N-dealkylation sites (N-methyl/N-ethyl adjacent to an activating group) is 1. The number of fused-ring (bicyclic) bond motifs is 3. The molecule has 3 aromatic rings. The van der Waals surface area contributed by atoms with E-state index in [1.807, 2.05) is 12.1 Å². The minimum absolute atomic E-state index is 0.754. The van der Waals surface area contributed by atoms with Gasteiger partial charge in [0.05, 0.1) is 0 Å². The molecule has 1 fully saturated rings. The molecule has 1 aromatic heterocycles. The van der Waals surface area contributed by atoms with Crippen LogP contribution in [0.5, 0.6) is 0 Å². The van der Waals surface area contributed by atoms with Crippen molar-refractivity contribution in [3.63, 3.8) is 0 Å². The Kier molecular flexibility index (Phi) is 2.63. The Morgan fingerprint density at radius 1 is 1.00 bits per heavy atom. The topological polar surface area (TPSA) is 32.5 Å². The van der Waals surface area contributed by atoms with Crippen molar-refractivity contribution in [1.29, 1.82) is 0 Å². The van der Waals surface area contributed by atoms with Crippen molar-refractivity contribution >= 4 is 27.9 Å². The van der Waals surface area contributed by atoms with Crippen LogP contribution < -0.4 is 4.90 Å². The fraction of sp³-hybridized carbons (Fsp3) is 0.312. The molecule has 0 spiro atoms. The Bertz CT molecular complexity index is 757. The minimum Gasteiger partial charge on any atom is -0.423 e. The number of anilines is 1. The van der Waals surface area contributed by atoms with Crippen LogP contribution in [-0.4, -0.2) is 43.1 Å². The maximum absolute atomic E-state index is 5.95. The van der Waals surface area contributed by atoms with E-state index in [2.05, 4.69) is 41.1 Å². The lowest BCUT2D eigenvalue weighted by Gasteiger charge is -2.31. The highest BCUT2D eigenvalue weighted by Crippen LogP contribution is 2.28. The van der Waals surface area contributed by atoms with Gasteiger partial charge >= 0.3 is 0 Å². The lowest BCUT2D eigenvalue weighted by Crippen LogP contribution is -2.44. The van der Waals surface area contributed by atoms with Crippen LogP contribution in [0.1, 0.15) is 0 Å². The van der Waals surface area contributed by atoms with E-state index in [1.54, 1.807) is 0 Å². The van der Waals surface area contributed by atoms with Crippen LogP contribution in [0.2, 0.25) is 0 Å². The van der Waals surface area contributed by atoms with E-state index in [9.17, 15) is 0 Å². The molecule has 0 aliphatic carbocycles. The number of nitrogens with zero attached hydrogens (tertiary/aromatic N) is 3. The van der Waals surface area contributed by atoms with Crippen molar-refractivity contribution in [1.82, 2.24) is 9.88 Å². The number of hydrogen-bond donors (Lipinski definition) is 0. The lowest BCUT2D eigenvalue weighted by atomic mass is 10.1. The molecule has 1 aliphatic heterocycles. The molecular weight excluding hydrogens is 250 g/mol. The molecule has 0 atom stereocenters. The highest BCUT2D eigenvalue weighted by Gasteiger charge is 2.19. The molecule has 0 bridgehead atoms. The van der Waals surface area contributed by atoms with Gasteiger partial charge in [0.15, 0.2) is 5.58 Å². The SMILES string of the molecule is CN1CCN(c2nc3c(ccc4ccccc43)o2)CC1. The van der Waals surface area contributed by atoms with E-state index < -0.39 is 0 Å². The number of benzene rings is 2. The van der Waals surface area contributed by atoms with Gasteiger partial charge in [-0.25, -0.2) is 0 Å². The van der Waals surface area contributed by atoms with Gasteiger partial charge in [0.25, 0.3) is 6.01 Å². The summed E-state index contributed by atoms with van der Waals surface area (Å²) in [6.45, 7) is 4.06. The highest BCUT2D eigenvalue weighted by molar-refractivity contribution is 6.03. The molecular formula is C16H17N3O. The first kappa shape index (κ1) is 11.7. The van der Waals surface area contributed by atoms with Gasteiger partial charge in [-0.15, -0.1) is 0 Å². The molecule has 0 saturated carbocycles. The number of piperazine rings is 1. The molecule has 102 valence electrons. The second-order valence-corrected chi connectivity index (χ2v) is 5.42. The second-order valence-electron chi connectivity index (χ2n) is 5.42. The number of hydrogen-bond acceptors (Lipinski definition) is 4. The molecule has 0 radical (unpaired) electrons.